The van der Waals surface area contributed by atoms with E-state index in [2.05, 4.69) is 5.32 Å². The molecule has 1 atom stereocenters. The van der Waals surface area contributed by atoms with Gasteiger partial charge in [0.2, 0.25) is 11.8 Å². The second-order valence-corrected chi connectivity index (χ2v) is 8.17. The van der Waals surface area contributed by atoms with Gasteiger partial charge in [0.25, 0.3) is 0 Å². The Kier molecular flexibility index (Phi) is 9.33. The Labute approximate surface area is 200 Å². The quantitative estimate of drug-likeness (QED) is 0.411. The molecule has 0 spiro atoms. The van der Waals surface area contributed by atoms with Crippen molar-refractivity contribution in [2.75, 3.05) is 13.7 Å². The molecule has 33 heavy (non-hydrogen) atoms. The van der Waals surface area contributed by atoms with E-state index in [-0.39, 0.29) is 18.2 Å². The van der Waals surface area contributed by atoms with Crippen LogP contribution in [0.25, 0.3) is 0 Å². The summed E-state index contributed by atoms with van der Waals surface area (Å²) in [5, 5.41) is 3.35. The van der Waals surface area contributed by atoms with Crippen LogP contribution < -0.4 is 10.1 Å². The van der Waals surface area contributed by atoms with Gasteiger partial charge in [0.05, 0.1) is 6.61 Å². The van der Waals surface area contributed by atoms with Gasteiger partial charge in [-0.2, -0.15) is 0 Å². The number of carbonyl (C=O) groups is 2. The number of likely N-dealkylation sites (N-methyl/N-ethyl adjacent to an activating group) is 1. The Bertz CT molecular complexity index is 1010. The number of halogens is 1. The number of hydrogen-bond donors (Lipinski definition) is 1. The lowest BCUT2D eigenvalue weighted by molar-refractivity contribution is -0.141. The standard InChI is InChI=1S/C27H29ClN2O3/c1-29-27(32)25(19-21-9-4-2-5-10-21)30(20-22-14-16-23(28)17-15-22)26(31)13-8-18-33-24-11-6-3-7-12-24/h2-7,9-12,14-17,25H,8,13,18-20H2,1H3,(H,29,32)/t25-/m1/s1. The van der Waals surface area contributed by atoms with E-state index in [1.807, 2.05) is 72.8 Å². The number of ether oxygens (including phenoxy) is 1. The Morgan fingerprint density at radius 1 is 0.909 bits per heavy atom. The van der Waals surface area contributed by atoms with Crippen molar-refractivity contribution in [3.63, 3.8) is 0 Å². The van der Waals surface area contributed by atoms with E-state index in [1.54, 1.807) is 24.1 Å². The topological polar surface area (TPSA) is 58.6 Å². The van der Waals surface area contributed by atoms with Gasteiger partial charge in [-0.25, -0.2) is 0 Å². The van der Waals surface area contributed by atoms with E-state index in [4.69, 9.17) is 16.3 Å². The predicted molar refractivity (Wildman–Crippen MR) is 131 cm³/mol. The molecule has 172 valence electrons. The summed E-state index contributed by atoms with van der Waals surface area (Å²) in [6, 6.07) is 26.0. The molecule has 0 unspecified atom stereocenters. The highest BCUT2D eigenvalue weighted by Gasteiger charge is 2.29. The molecule has 0 radical (unpaired) electrons. The summed E-state index contributed by atoms with van der Waals surface area (Å²) < 4.78 is 5.73. The lowest BCUT2D eigenvalue weighted by Crippen LogP contribution is -2.49. The maximum Gasteiger partial charge on any atom is 0.242 e. The van der Waals surface area contributed by atoms with Crippen LogP contribution in [-0.2, 0) is 22.6 Å². The molecular formula is C27H29ClN2O3. The highest BCUT2D eigenvalue weighted by molar-refractivity contribution is 6.30. The number of carbonyl (C=O) groups excluding carboxylic acids is 2. The summed E-state index contributed by atoms with van der Waals surface area (Å²) in [7, 11) is 1.60. The van der Waals surface area contributed by atoms with Crippen molar-refractivity contribution in [2.24, 2.45) is 0 Å². The molecule has 3 aromatic carbocycles. The molecule has 3 aromatic rings. The van der Waals surface area contributed by atoms with Crippen LogP contribution in [0.3, 0.4) is 0 Å². The molecule has 0 fully saturated rings. The van der Waals surface area contributed by atoms with Crippen molar-refractivity contribution < 1.29 is 14.3 Å². The van der Waals surface area contributed by atoms with Crippen molar-refractivity contribution in [3.05, 3.63) is 101 Å². The summed E-state index contributed by atoms with van der Waals surface area (Å²) in [6.45, 7) is 0.744. The first-order valence-electron chi connectivity index (χ1n) is 11.0. The predicted octanol–water partition coefficient (Wildman–Crippen LogP) is 4.89. The molecule has 0 aliphatic carbocycles. The van der Waals surface area contributed by atoms with Crippen molar-refractivity contribution in [2.45, 2.75) is 31.8 Å². The molecule has 0 saturated carbocycles. The second kappa shape index (κ2) is 12.7. The highest BCUT2D eigenvalue weighted by atomic mass is 35.5. The molecule has 0 heterocycles. The van der Waals surface area contributed by atoms with Crippen molar-refractivity contribution in [3.8, 4) is 5.75 Å². The Morgan fingerprint density at radius 2 is 1.55 bits per heavy atom. The van der Waals surface area contributed by atoms with Crippen LogP contribution in [0.15, 0.2) is 84.9 Å². The zero-order valence-corrected chi connectivity index (χ0v) is 19.5. The average Bonchev–Trinajstić information content (AvgIpc) is 2.86. The summed E-state index contributed by atoms with van der Waals surface area (Å²) in [4.78, 5) is 27.9. The molecule has 2 amide bonds. The number of para-hydroxylation sites is 1. The first kappa shape index (κ1) is 24.3. The van der Waals surface area contributed by atoms with Gasteiger partial charge in [-0.15, -0.1) is 0 Å². The number of benzene rings is 3. The SMILES string of the molecule is CNC(=O)[C@@H](Cc1ccccc1)N(Cc1ccc(Cl)cc1)C(=O)CCCOc1ccccc1. The van der Waals surface area contributed by atoms with Crippen LogP contribution in [-0.4, -0.2) is 36.4 Å². The van der Waals surface area contributed by atoms with Crippen LogP contribution in [0.4, 0.5) is 0 Å². The third-order valence-corrected chi connectivity index (χ3v) is 5.58. The van der Waals surface area contributed by atoms with Crippen LogP contribution in [0.1, 0.15) is 24.0 Å². The van der Waals surface area contributed by atoms with E-state index < -0.39 is 6.04 Å². The normalized spacial score (nSPS) is 11.5. The van der Waals surface area contributed by atoms with Gasteiger partial charge < -0.3 is 15.0 Å². The van der Waals surface area contributed by atoms with Gasteiger partial charge in [0.1, 0.15) is 11.8 Å². The Balaban J connectivity index is 1.74. The highest BCUT2D eigenvalue weighted by Crippen LogP contribution is 2.18. The minimum absolute atomic E-state index is 0.0915. The monoisotopic (exact) mass is 464 g/mol. The third kappa shape index (κ3) is 7.65. The molecule has 3 rings (SSSR count). The number of nitrogens with one attached hydrogen (secondary N) is 1. The molecule has 0 bridgehead atoms. The lowest BCUT2D eigenvalue weighted by Gasteiger charge is -2.31. The largest absolute Gasteiger partial charge is 0.494 e. The van der Waals surface area contributed by atoms with E-state index >= 15 is 0 Å². The maximum absolute atomic E-state index is 13.3. The van der Waals surface area contributed by atoms with Gasteiger partial charge in [-0.05, 0) is 41.8 Å². The molecule has 0 aromatic heterocycles. The zero-order chi connectivity index (χ0) is 23.5. The first-order chi connectivity index (χ1) is 16.1. The Hall–Kier alpha value is -3.31. The molecule has 6 heteroatoms. The van der Waals surface area contributed by atoms with Crippen LogP contribution in [0.2, 0.25) is 5.02 Å². The summed E-state index contributed by atoms with van der Waals surface area (Å²) in [5.74, 6) is 0.489. The van der Waals surface area contributed by atoms with Gasteiger partial charge in [-0.1, -0.05) is 72.3 Å². The van der Waals surface area contributed by atoms with E-state index in [0.29, 0.717) is 31.0 Å². The van der Waals surface area contributed by atoms with Gasteiger partial charge in [-0.3, -0.25) is 9.59 Å². The van der Waals surface area contributed by atoms with Crippen molar-refractivity contribution in [1.29, 1.82) is 0 Å². The summed E-state index contributed by atoms with van der Waals surface area (Å²) in [5.41, 5.74) is 1.91. The lowest BCUT2D eigenvalue weighted by atomic mass is 10.0. The zero-order valence-electron chi connectivity index (χ0n) is 18.7. The maximum atomic E-state index is 13.3. The molecule has 5 nitrogen and oxygen atoms in total. The van der Waals surface area contributed by atoms with E-state index in [1.165, 1.54) is 0 Å². The minimum Gasteiger partial charge on any atom is -0.494 e. The first-order valence-corrected chi connectivity index (χ1v) is 11.4. The smallest absolute Gasteiger partial charge is 0.242 e. The Morgan fingerprint density at radius 3 is 2.18 bits per heavy atom. The molecule has 0 aliphatic rings. The molecule has 0 aliphatic heterocycles. The number of nitrogens with zero attached hydrogens (tertiary/aromatic N) is 1. The van der Waals surface area contributed by atoms with E-state index in [9.17, 15) is 9.59 Å². The number of rotatable bonds is 11. The van der Waals surface area contributed by atoms with Gasteiger partial charge in [0.15, 0.2) is 0 Å². The average molecular weight is 465 g/mol. The van der Waals surface area contributed by atoms with Crippen molar-refractivity contribution in [1.82, 2.24) is 10.2 Å². The van der Waals surface area contributed by atoms with Gasteiger partial charge >= 0.3 is 0 Å². The third-order valence-electron chi connectivity index (χ3n) is 5.33. The number of amides is 2. The summed E-state index contributed by atoms with van der Waals surface area (Å²) in [6.07, 6.45) is 1.26. The van der Waals surface area contributed by atoms with Crippen molar-refractivity contribution >= 4 is 23.4 Å². The molecular weight excluding hydrogens is 436 g/mol. The minimum atomic E-state index is -0.629. The molecule has 1 N–H and O–H groups in total. The summed E-state index contributed by atoms with van der Waals surface area (Å²) >= 11 is 6.03. The fraction of sp³-hybridized carbons (Fsp3) is 0.259. The van der Waals surface area contributed by atoms with Gasteiger partial charge in [0, 0.05) is 31.5 Å². The van der Waals surface area contributed by atoms with Crippen LogP contribution >= 0.6 is 11.6 Å². The van der Waals surface area contributed by atoms with Crippen LogP contribution in [0.5, 0.6) is 5.75 Å². The fourth-order valence-electron chi connectivity index (χ4n) is 3.58. The molecule has 0 saturated heterocycles. The van der Waals surface area contributed by atoms with Crippen LogP contribution in [0, 0.1) is 0 Å². The van der Waals surface area contributed by atoms with E-state index in [0.717, 1.165) is 16.9 Å². The second-order valence-electron chi connectivity index (χ2n) is 7.73. The number of hydrogen-bond acceptors (Lipinski definition) is 3. The fourth-order valence-corrected chi connectivity index (χ4v) is 3.71.